The van der Waals surface area contributed by atoms with Crippen LogP contribution >= 0.6 is 0 Å². The summed E-state index contributed by atoms with van der Waals surface area (Å²) in [6.45, 7) is -2.28. The van der Waals surface area contributed by atoms with Gasteiger partial charge in [-0.05, 0) is 11.1 Å². The molecule has 0 aliphatic rings. The van der Waals surface area contributed by atoms with E-state index in [1.165, 1.54) is 0 Å². The van der Waals surface area contributed by atoms with E-state index in [0.29, 0.717) is 0 Å². The summed E-state index contributed by atoms with van der Waals surface area (Å²) in [5, 5.41) is -5.91. The first-order chi connectivity index (χ1) is 11.9. The number of rotatable bonds is 9. The largest absolute Gasteiger partial charge is 0.459 e. The zero-order valence-electron chi connectivity index (χ0n) is 13.2. The van der Waals surface area contributed by atoms with Crippen LogP contribution in [0.4, 0.5) is 35.1 Å². The Morgan fingerprint density at radius 2 is 1.15 bits per heavy atom. The summed E-state index contributed by atoms with van der Waals surface area (Å²) >= 11 is 0. The Kier molecular flexibility index (Phi) is 6.52. The van der Waals surface area contributed by atoms with Crippen molar-refractivity contribution in [2.24, 2.45) is 0 Å². The average Bonchev–Trinajstić information content (AvgIpc) is 2.49. The highest BCUT2D eigenvalue weighted by molar-refractivity contribution is 7.86. The minimum absolute atomic E-state index is 0.0596. The van der Waals surface area contributed by atoms with Gasteiger partial charge in [0.1, 0.15) is 0 Å². The van der Waals surface area contributed by atoms with Crippen LogP contribution in [-0.2, 0) is 32.8 Å². The second-order valence-corrected chi connectivity index (χ2v) is 6.77. The van der Waals surface area contributed by atoms with Gasteiger partial charge >= 0.3 is 33.5 Å². The van der Waals surface area contributed by atoms with Crippen molar-refractivity contribution in [1.29, 1.82) is 0 Å². The molecule has 0 unspecified atom stereocenters. The number of benzene rings is 1. The summed E-state index contributed by atoms with van der Waals surface area (Å²) in [7, 11) is -6.46. The second kappa shape index (κ2) is 7.48. The lowest BCUT2D eigenvalue weighted by Gasteiger charge is -2.23. The van der Waals surface area contributed by atoms with Crippen molar-refractivity contribution in [3.63, 3.8) is 0 Å². The molecule has 0 aliphatic carbocycles. The van der Waals surface area contributed by atoms with Gasteiger partial charge in [0.25, 0.3) is 0 Å². The Morgan fingerprint density at radius 1 is 0.815 bits per heavy atom. The van der Waals surface area contributed by atoms with Crippen LogP contribution < -0.4 is 0 Å². The lowest BCUT2D eigenvalue weighted by molar-refractivity contribution is -0.345. The maximum absolute atomic E-state index is 13.1. The summed E-state index contributed by atoms with van der Waals surface area (Å²) in [5.41, 5.74) is -0.310. The Balaban J connectivity index is 2.73. The maximum Gasteiger partial charge on any atom is 0.459 e. The molecule has 5 nitrogen and oxygen atoms in total. The number of halogens is 8. The Hall–Kier alpha value is -1.51. The van der Waals surface area contributed by atoms with Gasteiger partial charge in [-0.15, -0.1) is 0 Å². The molecular weight excluding hydrogens is 420 g/mol. The number of alkyl halides is 8. The van der Waals surface area contributed by atoms with E-state index in [0.717, 1.165) is 24.3 Å². The molecule has 1 rings (SSSR count). The molecule has 0 radical (unpaired) electrons. The SMILES string of the molecule is CC(F)(F)C(F)(F)OCc1ccc(COC(F)(F)C(F)(F)S(=O)(=O)O)cc1. The number of ether oxygens (including phenoxy) is 2. The average molecular weight is 432 g/mol. The first-order valence-electron chi connectivity index (χ1n) is 6.75. The molecule has 1 N–H and O–H groups in total. The van der Waals surface area contributed by atoms with Crippen molar-refractivity contribution in [2.75, 3.05) is 0 Å². The summed E-state index contributed by atoms with van der Waals surface area (Å²) < 4.78 is 139. The van der Waals surface area contributed by atoms with Crippen LogP contribution in [0.2, 0.25) is 0 Å². The Morgan fingerprint density at radius 3 is 1.44 bits per heavy atom. The predicted octanol–water partition coefficient (Wildman–Crippen LogP) is 4.04. The van der Waals surface area contributed by atoms with Crippen molar-refractivity contribution in [3.8, 4) is 0 Å². The van der Waals surface area contributed by atoms with E-state index < -0.39 is 46.7 Å². The lowest BCUT2D eigenvalue weighted by Crippen LogP contribution is -2.48. The van der Waals surface area contributed by atoms with Crippen molar-refractivity contribution in [2.45, 2.75) is 43.5 Å². The van der Waals surface area contributed by atoms with Gasteiger partial charge in [0.05, 0.1) is 13.2 Å². The zero-order chi connectivity index (χ0) is 21.3. The molecule has 27 heavy (non-hydrogen) atoms. The smallest absolute Gasteiger partial charge is 0.311 e. The monoisotopic (exact) mass is 432 g/mol. The number of hydrogen-bond acceptors (Lipinski definition) is 4. The fourth-order valence-corrected chi connectivity index (χ4v) is 1.80. The molecular formula is C13H12F8O5S. The van der Waals surface area contributed by atoms with Gasteiger partial charge in [-0.1, -0.05) is 24.3 Å². The molecule has 0 aromatic heterocycles. The Labute approximate surface area is 147 Å². The summed E-state index contributed by atoms with van der Waals surface area (Å²) in [5.74, 6) is -4.45. The van der Waals surface area contributed by atoms with Crippen LogP contribution in [-0.4, -0.2) is 36.4 Å². The standard InChI is InChI=1S/C13H12F8O5S/c1-10(14,15)11(16,17)25-6-8-2-4-9(5-3-8)7-26-12(18,19)13(20,21)27(22,23)24/h2-5H,6-7H2,1H3,(H,22,23,24). The van der Waals surface area contributed by atoms with Crippen molar-refractivity contribution in [3.05, 3.63) is 35.4 Å². The van der Waals surface area contributed by atoms with Crippen molar-refractivity contribution in [1.82, 2.24) is 0 Å². The normalized spacial score (nSPS) is 14.4. The van der Waals surface area contributed by atoms with Crippen LogP contribution in [0.5, 0.6) is 0 Å². The van der Waals surface area contributed by atoms with Gasteiger partial charge < -0.3 is 9.47 Å². The van der Waals surface area contributed by atoms with Gasteiger partial charge in [0, 0.05) is 6.92 Å². The van der Waals surface area contributed by atoms with Crippen molar-refractivity contribution < 1.29 is 57.6 Å². The minimum Gasteiger partial charge on any atom is -0.311 e. The van der Waals surface area contributed by atoms with E-state index in [-0.39, 0.29) is 18.1 Å². The van der Waals surface area contributed by atoms with Crippen molar-refractivity contribution >= 4 is 10.1 Å². The van der Waals surface area contributed by atoms with E-state index in [1.807, 2.05) is 0 Å². The molecule has 0 aliphatic heterocycles. The highest BCUT2D eigenvalue weighted by Gasteiger charge is 2.67. The molecule has 1 aromatic carbocycles. The van der Waals surface area contributed by atoms with E-state index in [4.69, 9.17) is 4.55 Å². The van der Waals surface area contributed by atoms with Crippen LogP contribution in [0, 0.1) is 0 Å². The summed E-state index contributed by atoms with van der Waals surface area (Å²) in [6.07, 6.45) is -10.3. The molecule has 14 heteroatoms. The maximum atomic E-state index is 13.1. The lowest BCUT2D eigenvalue weighted by atomic mass is 10.1. The fraction of sp³-hybridized carbons (Fsp3) is 0.538. The molecule has 0 spiro atoms. The van der Waals surface area contributed by atoms with Crippen LogP contribution in [0.1, 0.15) is 18.1 Å². The molecule has 1 aromatic rings. The quantitative estimate of drug-likeness (QED) is 0.471. The van der Waals surface area contributed by atoms with E-state index in [9.17, 15) is 43.5 Å². The highest BCUT2D eigenvalue weighted by Crippen LogP contribution is 2.39. The molecule has 156 valence electrons. The number of hydrogen-bond donors (Lipinski definition) is 1. The molecule has 0 heterocycles. The third kappa shape index (κ3) is 5.49. The fourth-order valence-electron chi connectivity index (χ4n) is 1.44. The zero-order valence-corrected chi connectivity index (χ0v) is 14.1. The second-order valence-electron chi connectivity index (χ2n) is 5.31. The van der Waals surface area contributed by atoms with Crippen LogP contribution in [0.25, 0.3) is 0 Å². The van der Waals surface area contributed by atoms with Crippen LogP contribution in [0.15, 0.2) is 24.3 Å². The van der Waals surface area contributed by atoms with E-state index in [1.54, 1.807) is 0 Å². The summed E-state index contributed by atoms with van der Waals surface area (Å²) in [4.78, 5) is 0. The molecule has 0 amide bonds. The highest BCUT2D eigenvalue weighted by atomic mass is 32.2. The predicted molar refractivity (Wildman–Crippen MR) is 73.0 cm³/mol. The van der Waals surface area contributed by atoms with Gasteiger partial charge in [0.15, 0.2) is 0 Å². The molecule has 0 bridgehead atoms. The van der Waals surface area contributed by atoms with Gasteiger partial charge in [-0.2, -0.15) is 43.5 Å². The molecule has 0 atom stereocenters. The van der Waals surface area contributed by atoms with Gasteiger partial charge in [-0.3, -0.25) is 4.55 Å². The first kappa shape index (κ1) is 23.5. The summed E-state index contributed by atoms with van der Waals surface area (Å²) in [6, 6.07) is 3.81. The third-order valence-corrected chi connectivity index (χ3v) is 3.92. The van der Waals surface area contributed by atoms with Crippen LogP contribution in [0.3, 0.4) is 0 Å². The van der Waals surface area contributed by atoms with E-state index in [2.05, 4.69) is 9.47 Å². The molecule has 0 saturated heterocycles. The van der Waals surface area contributed by atoms with Gasteiger partial charge in [0.2, 0.25) is 0 Å². The topological polar surface area (TPSA) is 72.8 Å². The third-order valence-electron chi connectivity index (χ3n) is 3.04. The minimum atomic E-state index is -6.46. The Bertz CT molecular complexity index is 743. The molecule has 0 saturated carbocycles. The van der Waals surface area contributed by atoms with Gasteiger partial charge in [-0.25, -0.2) is 0 Å². The molecule has 0 fully saturated rings. The first-order valence-corrected chi connectivity index (χ1v) is 8.19. The van der Waals surface area contributed by atoms with E-state index >= 15 is 0 Å².